The summed E-state index contributed by atoms with van der Waals surface area (Å²) in [6.45, 7) is 7.98. The Labute approximate surface area is 195 Å². The highest BCUT2D eigenvalue weighted by atomic mass is 16.6. The Bertz CT molecular complexity index is 1030. The molecule has 7 heteroatoms. The van der Waals surface area contributed by atoms with Gasteiger partial charge in [0, 0.05) is 62.5 Å². The minimum absolute atomic E-state index is 0.159. The van der Waals surface area contributed by atoms with E-state index in [1.807, 2.05) is 48.4 Å². The van der Waals surface area contributed by atoms with Crippen LogP contribution in [0.5, 0.6) is 0 Å². The van der Waals surface area contributed by atoms with Crippen molar-refractivity contribution in [3.8, 4) is 17.2 Å². The first kappa shape index (κ1) is 21.7. The van der Waals surface area contributed by atoms with E-state index >= 15 is 0 Å². The second-order valence-electron chi connectivity index (χ2n) is 9.54. The standard InChI is InChI=1S/C26H31N5O2/c1-2-33-25(32)31-18-26(19-31)10-9-22(16-26)29-12-14-30(15-13-29)24-23(4-3-11-28-24)21-7-5-20(17-27)6-8-21/h3-8,11,22H,2,9-10,12-16,18-19H2,1H3/t22-/m1/s1. The minimum Gasteiger partial charge on any atom is -0.450 e. The van der Waals surface area contributed by atoms with E-state index < -0.39 is 0 Å². The van der Waals surface area contributed by atoms with Crippen LogP contribution in [0.3, 0.4) is 0 Å². The number of benzene rings is 1. The summed E-state index contributed by atoms with van der Waals surface area (Å²) in [5, 5.41) is 9.08. The quantitative estimate of drug-likeness (QED) is 0.714. The number of hydrogen-bond acceptors (Lipinski definition) is 6. The zero-order valence-electron chi connectivity index (χ0n) is 19.2. The predicted octanol–water partition coefficient (Wildman–Crippen LogP) is 3.75. The summed E-state index contributed by atoms with van der Waals surface area (Å²) >= 11 is 0. The number of hydrogen-bond donors (Lipinski definition) is 0. The van der Waals surface area contributed by atoms with Gasteiger partial charge in [-0.1, -0.05) is 12.1 Å². The van der Waals surface area contributed by atoms with Gasteiger partial charge >= 0.3 is 6.09 Å². The second-order valence-corrected chi connectivity index (χ2v) is 9.54. The molecule has 2 aromatic rings. The highest BCUT2D eigenvalue weighted by molar-refractivity contribution is 5.76. The normalized spacial score (nSPS) is 22.1. The molecule has 1 aliphatic carbocycles. The van der Waals surface area contributed by atoms with Crippen molar-refractivity contribution in [2.75, 3.05) is 50.8 Å². The zero-order chi connectivity index (χ0) is 22.8. The summed E-state index contributed by atoms with van der Waals surface area (Å²) in [7, 11) is 0. The van der Waals surface area contributed by atoms with Crippen molar-refractivity contribution in [1.82, 2.24) is 14.8 Å². The number of piperazine rings is 1. The molecule has 3 fully saturated rings. The molecule has 3 heterocycles. The number of amides is 1. The Morgan fingerprint density at radius 2 is 1.94 bits per heavy atom. The molecule has 5 rings (SSSR count). The first-order valence-corrected chi connectivity index (χ1v) is 12.0. The first-order valence-electron chi connectivity index (χ1n) is 12.0. The smallest absolute Gasteiger partial charge is 0.409 e. The minimum atomic E-state index is -0.159. The number of nitrogens with zero attached hydrogens (tertiary/aromatic N) is 5. The van der Waals surface area contributed by atoms with Crippen LogP contribution in [0, 0.1) is 16.7 Å². The number of pyridine rings is 1. The molecule has 1 saturated carbocycles. The highest BCUT2D eigenvalue weighted by Gasteiger charge is 2.51. The zero-order valence-corrected chi connectivity index (χ0v) is 19.2. The van der Waals surface area contributed by atoms with E-state index in [4.69, 9.17) is 15.0 Å². The van der Waals surface area contributed by atoms with Crippen LogP contribution in [-0.2, 0) is 4.74 Å². The molecular weight excluding hydrogens is 414 g/mol. The fourth-order valence-corrected chi connectivity index (χ4v) is 5.78. The van der Waals surface area contributed by atoms with Crippen LogP contribution in [0.1, 0.15) is 31.7 Å². The van der Waals surface area contributed by atoms with Gasteiger partial charge in [-0.15, -0.1) is 0 Å². The van der Waals surface area contributed by atoms with Gasteiger partial charge in [-0.2, -0.15) is 5.26 Å². The molecule has 0 bridgehead atoms. The number of rotatable bonds is 4. The Hall–Kier alpha value is -3.11. The Morgan fingerprint density at radius 1 is 1.18 bits per heavy atom. The molecule has 0 radical (unpaired) electrons. The summed E-state index contributed by atoms with van der Waals surface area (Å²) in [6, 6.07) is 14.6. The molecule has 172 valence electrons. The van der Waals surface area contributed by atoms with Crippen LogP contribution in [0.15, 0.2) is 42.6 Å². The third-order valence-electron chi connectivity index (χ3n) is 7.50. The van der Waals surface area contributed by atoms with Crippen LogP contribution >= 0.6 is 0 Å². The number of nitriles is 1. The van der Waals surface area contributed by atoms with E-state index in [9.17, 15) is 4.79 Å². The molecule has 33 heavy (non-hydrogen) atoms. The maximum atomic E-state index is 11.9. The van der Waals surface area contributed by atoms with Crippen LogP contribution in [0.25, 0.3) is 11.1 Å². The van der Waals surface area contributed by atoms with Gasteiger partial charge in [-0.25, -0.2) is 9.78 Å². The number of ether oxygens (including phenoxy) is 1. The predicted molar refractivity (Wildman–Crippen MR) is 127 cm³/mol. The van der Waals surface area contributed by atoms with E-state index in [1.165, 1.54) is 19.3 Å². The van der Waals surface area contributed by atoms with Crippen LogP contribution in [0.4, 0.5) is 10.6 Å². The highest BCUT2D eigenvalue weighted by Crippen LogP contribution is 2.47. The lowest BCUT2D eigenvalue weighted by atomic mass is 9.78. The summed E-state index contributed by atoms with van der Waals surface area (Å²) < 4.78 is 5.15. The SMILES string of the molecule is CCOC(=O)N1CC2(CC[C@@H](N3CCN(c4ncccc4-c4ccc(C#N)cc4)CC3)C2)C1. The molecule has 7 nitrogen and oxygen atoms in total. The summed E-state index contributed by atoms with van der Waals surface area (Å²) in [6.07, 6.45) is 5.31. The third kappa shape index (κ3) is 4.28. The molecule has 0 N–H and O–H groups in total. The summed E-state index contributed by atoms with van der Waals surface area (Å²) in [5.41, 5.74) is 3.18. The van der Waals surface area contributed by atoms with Gasteiger partial charge in [0.2, 0.25) is 0 Å². The Kier molecular flexibility index (Phi) is 5.94. The van der Waals surface area contributed by atoms with E-state index in [2.05, 4.69) is 21.9 Å². The first-order chi connectivity index (χ1) is 16.1. The average Bonchev–Trinajstić information content (AvgIpc) is 3.30. The number of anilines is 1. The van der Waals surface area contributed by atoms with Gasteiger partial charge in [0.15, 0.2) is 0 Å². The lowest BCUT2D eigenvalue weighted by Gasteiger charge is -2.48. The van der Waals surface area contributed by atoms with Crippen molar-refractivity contribution in [2.45, 2.75) is 32.2 Å². The molecule has 1 amide bonds. The molecule has 2 saturated heterocycles. The van der Waals surface area contributed by atoms with E-state index in [0.717, 1.165) is 56.2 Å². The Morgan fingerprint density at radius 3 is 2.64 bits per heavy atom. The maximum absolute atomic E-state index is 11.9. The number of carbonyl (C=O) groups is 1. The van der Waals surface area contributed by atoms with E-state index in [1.54, 1.807) is 0 Å². The summed E-state index contributed by atoms with van der Waals surface area (Å²) in [5.74, 6) is 1.02. The van der Waals surface area contributed by atoms with E-state index in [-0.39, 0.29) is 6.09 Å². The molecule has 0 unspecified atom stereocenters. The monoisotopic (exact) mass is 445 g/mol. The fraction of sp³-hybridized carbons (Fsp3) is 0.500. The van der Waals surface area contributed by atoms with Gasteiger partial charge in [-0.3, -0.25) is 4.90 Å². The third-order valence-corrected chi connectivity index (χ3v) is 7.50. The van der Waals surface area contributed by atoms with Gasteiger partial charge in [0.25, 0.3) is 0 Å². The molecule has 3 aliphatic rings. The molecule has 2 aliphatic heterocycles. The van der Waals surface area contributed by atoms with Crippen molar-refractivity contribution in [3.05, 3.63) is 48.2 Å². The largest absolute Gasteiger partial charge is 0.450 e. The Balaban J connectivity index is 1.19. The van der Waals surface area contributed by atoms with Crippen molar-refractivity contribution in [1.29, 1.82) is 5.26 Å². The second kappa shape index (κ2) is 9.03. The lowest BCUT2D eigenvalue weighted by molar-refractivity contribution is -0.00294. The van der Waals surface area contributed by atoms with Crippen LogP contribution in [0.2, 0.25) is 0 Å². The maximum Gasteiger partial charge on any atom is 0.409 e. The van der Waals surface area contributed by atoms with E-state index in [0.29, 0.717) is 23.6 Å². The summed E-state index contributed by atoms with van der Waals surface area (Å²) in [4.78, 5) is 23.6. The van der Waals surface area contributed by atoms with Crippen LogP contribution in [-0.4, -0.2) is 72.8 Å². The van der Waals surface area contributed by atoms with Crippen molar-refractivity contribution in [3.63, 3.8) is 0 Å². The fourth-order valence-electron chi connectivity index (χ4n) is 5.78. The van der Waals surface area contributed by atoms with Gasteiger partial charge in [0.05, 0.1) is 18.2 Å². The molecule has 1 atom stereocenters. The van der Waals surface area contributed by atoms with Gasteiger partial charge < -0.3 is 14.5 Å². The molecule has 1 aromatic carbocycles. The van der Waals surface area contributed by atoms with Crippen LogP contribution < -0.4 is 4.90 Å². The average molecular weight is 446 g/mol. The lowest BCUT2D eigenvalue weighted by Crippen LogP contribution is -2.58. The molecule has 1 spiro atoms. The number of carbonyl (C=O) groups excluding carboxylic acids is 1. The van der Waals surface area contributed by atoms with Gasteiger partial charge in [-0.05, 0) is 56.0 Å². The molecular formula is C26H31N5O2. The number of likely N-dealkylation sites (tertiary alicyclic amines) is 1. The number of aromatic nitrogens is 1. The van der Waals surface area contributed by atoms with Gasteiger partial charge in [0.1, 0.15) is 5.82 Å². The topological polar surface area (TPSA) is 72.7 Å². The van der Waals surface area contributed by atoms with Crippen molar-refractivity contribution < 1.29 is 9.53 Å². The molecule has 1 aromatic heterocycles. The van der Waals surface area contributed by atoms with Crippen molar-refractivity contribution in [2.24, 2.45) is 5.41 Å². The van der Waals surface area contributed by atoms with Crippen molar-refractivity contribution >= 4 is 11.9 Å².